The van der Waals surface area contributed by atoms with Crippen molar-refractivity contribution in [3.05, 3.63) is 23.8 Å². The lowest BCUT2D eigenvalue weighted by Crippen LogP contribution is -2.36. The van der Waals surface area contributed by atoms with Crippen LogP contribution < -0.4 is 10.6 Å². The molecule has 0 atom stereocenters. The number of amides is 1. The Hall–Kier alpha value is -2.04. The van der Waals surface area contributed by atoms with Crippen LogP contribution in [0.5, 0.6) is 0 Å². The van der Waals surface area contributed by atoms with Crippen molar-refractivity contribution in [3.63, 3.8) is 0 Å². The molecule has 1 aliphatic rings. The summed E-state index contributed by atoms with van der Waals surface area (Å²) in [6, 6.07) is 5.63. The van der Waals surface area contributed by atoms with Gasteiger partial charge in [-0.1, -0.05) is 12.8 Å². The number of hydrogen-bond acceptors (Lipinski definition) is 3. The fourth-order valence-corrected chi connectivity index (χ4v) is 2.97. The Labute approximate surface area is 131 Å². The Morgan fingerprint density at radius 3 is 2.59 bits per heavy atom. The molecule has 0 saturated heterocycles. The van der Waals surface area contributed by atoms with Gasteiger partial charge in [-0.25, -0.2) is 0 Å². The molecule has 1 aliphatic heterocycles. The molecule has 0 aromatic heterocycles. The second kappa shape index (κ2) is 6.38. The highest BCUT2D eigenvalue weighted by molar-refractivity contribution is 6.07. The number of carbonyl (C=O) groups excluding carboxylic acids is 1. The molecule has 5 heteroatoms. The number of nitrogen functional groups attached to an aromatic ring is 1. The van der Waals surface area contributed by atoms with Crippen LogP contribution in [0.25, 0.3) is 0 Å². The monoisotopic (exact) mass is 304 g/mol. The van der Waals surface area contributed by atoms with Crippen LogP contribution in [0.4, 0.5) is 11.4 Å². The number of benzene rings is 1. The van der Waals surface area contributed by atoms with Gasteiger partial charge in [0.2, 0.25) is 5.91 Å². The Bertz CT molecular complexity index is 581. The number of rotatable bonds is 7. The van der Waals surface area contributed by atoms with Crippen molar-refractivity contribution in [1.82, 2.24) is 0 Å². The van der Waals surface area contributed by atoms with Crippen LogP contribution in [0, 0.1) is 0 Å². The van der Waals surface area contributed by atoms with Crippen LogP contribution in [-0.4, -0.2) is 23.5 Å². The molecule has 0 radical (unpaired) electrons. The number of hydrogen-bond donors (Lipinski definition) is 2. The Morgan fingerprint density at radius 2 is 1.91 bits per heavy atom. The molecule has 2 rings (SSSR count). The molecule has 0 unspecified atom stereocenters. The third kappa shape index (κ3) is 3.24. The van der Waals surface area contributed by atoms with Crippen LogP contribution in [0.3, 0.4) is 0 Å². The average Bonchev–Trinajstić information content (AvgIpc) is 2.63. The second-order valence-electron chi connectivity index (χ2n) is 6.42. The van der Waals surface area contributed by atoms with Crippen molar-refractivity contribution in [2.75, 3.05) is 17.2 Å². The minimum absolute atomic E-state index is 0.110. The van der Waals surface area contributed by atoms with Crippen LogP contribution in [0.2, 0.25) is 0 Å². The molecule has 1 heterocycles. The standard InChI is InChI=1S/C17H24N2O3/c1-17(2)13-11-12(18)8-9-14(13)19(16(17)22)10-6-4-3-5-7-15(20)21/h8-9,11H,3-7,10,18H2,1-2H3,(H,20,21). The fraction of sp³-hybridized carbons (Fsp3) is 0.529. The highest BCUT2D eigenvalue weighted by Crippen LogP contribution is 2.42. The molecule has 0 spiro atoms. The zero-order chi connectivity index (χ0) is 16.3. The van der Waals surface area contributed by atoms with Crippen molar-refractivity contribution in [2.24, 2.45) is 0 Å². The van der Waals surface area contributed by atoms with E-state index in [1.165, 1.54) is 0 Å². The molecule has 0 saturated carbocycles. The third-order valence-corrected chi connectivity index (χ3v) is 4.29. The summed E-state index contributed by atoms with van der Waals surface area (Å²) in [6.07, 6.45) is 3.61. The first-order chi connectivity index (χ1) is 10.3. The second-order valence-corrected chi connectivity index (χ2v) is 6.42. The van der Waals surface area contributed by atoms with E-state index < -0.39 is 11.4 Å². The van der Waals surface area contributed by atoms with Crippen molar-refractivity contribution >= 4 is 23.3 Å². The average molecular weight is 304 g/mol. The summed E-state index contributed by atoms with van der Waals surface area (Å²) in [7, 11) is 0. The molecule has 0 aliphatic carbocycles. The van der Waals surface area contributed by atoms with Crippen LogP contribution in [0.15, 0.2) is 18.2 Å². The largest absolute Gasteiger partial charge is 0.481 e. The van der Waals surface area contributed by atoms with E-state index in [4.69, 9.17) is 10.8 Å². The highest BCUT2D eigenvalue weighted by Gasteiger charge is 2.43. The van der Waals surface area contributed by atoms with Crippen molar-refractivity contribution < 1.29 is 14.7 Å². The van der Waals surface area contributed by atoms with Gasteiger partial charge in [0, 0.05) is 24.3 Å². The van der Waals surface area contributed by atoms with Gasteiger partial charge in [-0.15, -0.1) is 0 Å². The van der Waals surface area contributed by atoms with E-state index in [0.717, 1.165) is 30.5 Å². The van der Waals surface area contributed by atoms with Gasteiger partial charge >= 0.3 is 5.97 Å². The molecule has 1 aromatic rings. The summed E-state index contributed by atoms with van der Waals surface area (Å²) in [6.45, 7) is 4.53. The van der Waals surface area contributed by atoms with Crippen molar-refractivity contribution in [1.29, 1.82) is 0 Å². The first kappa shape index (κ1) is 16.3. The predicted octanol–water partition coefficient (Wildman–Crippen LogP) is 2.93. The van der Waals surface area contributed by atoms with Gasteiger partial charge in [0.1, 0.15) is 0 Å². The number of carboxylic acid groups (broad SMARTS) is 1. The maximum Gasteiger partial charge on any atom is 0.303 e. The maximum absolute atomic E-state index is 12.6. The molecular formula is C17H24N2O3. The van der Waals surface area contributed by atoms with E-state index in [1.54, 1.807) is 0 Å². The van der Waals surface area contributed by atoms with Gasteiger partial charge in [-0.05, 0) is 50.5 Å². The number of fused-ring (bicyclic) bond motifs is 1. The van der Waals surface area contributed by atoms with Gasteiger partial charge in [-0.3, -0.25) is 9.59 Å². The smallest absolute Gasteiger partial charge is 0.303 e. The summed E-state index contributed by atoms with van der Waals surface area (Å²) < 4.78 is 0. The molecule has 3 N–H and O–H groups in total. The SMILES string of the molecule is CC1(C)C(=O)N(CCCCCCC(=O)O)c2ccc(N)cc21. The summed E-state index contributed by atoms with van der Waals surface area (Å²) in [5, 5.41) is 8.60. The van der Waals surface area contributed by atoms with Crippen LogP contribution >= 0.6 is 0 Å². The number of aliphatic carboxylic acids is 1. The molecule has 0 fully saturated rings. The lowest BCUT2D eigenvalue weighted by molar-refractivity contribution is -0.137. The van der Waals surface area contributed by atoms with Gasteiger partial charge < -0.3 is 15.7 Å². The third-order valence-electron chi connectivity index (χ3n) is 4.29. The first-order valence-electron chi connectivity index (χ1n) is 7.78. The quantitative estimate of drug-likeness (QED) is 0.599. The van der Waals surface area contributed by atoms with E-state index in [2.05, 4.69) is 0 Å². The molecule has 1 aromatic carbocycles. The number of nitrogens with two attached hydrogens (primary N) is 1. The Kier molecular flexibility index (Phi) is 4.74. The van der Waals surface area contributed by atoms with E-state index in [-0.39, 0.29) is 12.3 Å². The minimum Gasteiger partial charge on any atom is -0.481 e. The van der Waals surface area contributed by atoms with E-state index in [0.29, 0.717) is 18.7 Å². The molecule has 1 amide bonds. The van der Waals surface area contributed by atoms with Gasteiger partial charge in [0.05, 0.1) is 5.41 Å². The lowest BCUT2D eigenvalue weighted by atomic mass is 9.86. The maximum atomic E-state index is 12.6. The normalized spacial score (nSPS) is 15.9. The molecular weight excluding hydrogens is 280 g/mol. The summed E-state index contributed by atoms with van der Waals surface area (Å²) in [4.78, 5) is 24.9. The minimum atomic E-state index is -0.747. The fourth-order valence-electron chi connectivity index (χ4n) is 2.97. The van der Waals surface area contributed by atoms with Gasteiger partial charge in [-0.2, -0.15) is 0 Å². The first-order valence-corrected chi connectivity index (χ1v) is 7.78. The predicted molar refractivity (Wildman–Crippen MR) is 87.0 cm³/mol. The van der Waals surface area contributed by atoms with Crippen LogP contribution in [0.1, 0.15) is 51.5 Å². The number of nitrogens with zero attached hydrogens (tertiary/aromatic N) is 1. The number of anilines is 2. The molecule has 120 valence electrons. The van der Waals surface area contributed by atoms with E-state index >= 15 is 0 Å². The Morgan fingerprint density at radius 1 is 1.23 bits per heavy atom. The van der Waals surface area contributed by atoms with Crippen molar-refractivity contribution in [2.45, 2.75) is 51.4 Å². The van der Waals surface area contributed by atoms with Crippen molar-refractivity contribution in [3.8, 4) is 0 Å². The number of carboxylic acids is 1. The van der Waals surface area contributed by atoms with Crippen LogP contribution in [-0.2, 0) is 15.0 Å². The number of carbonyl (C=O) groups is 2. The summed E-state index contributed by atoms with van der Waals surface area (Å²) in [5.41, 5.74) is 7.93. The van der Waals surface area contributed by atoms with E-state index in [1.807, 2.05) is 36.9 Å². The molecule has 22 heavy (non-hydrogen) atoms. The highest BCUT2D eigenvalue weighted by atomic mass is 16.4. The topological polar surface area (TPSA) is 83.6 Å². The van der Waals surface area contributed by atoms with Gasteiger partial charge in [0.15, 0.2) is 0 Å². The zero-order valence-electron chi connectivity index (χ0n) is 13.3. The molecule has 0 bridgehead atoms. The molecule has 5 nitrogen and oxygen atoms in total. The number of unbranched alkanes of at least 4 members (excludes halogenated alkanes) is 3. The summed E-state index contributed by atoms with van der Waals surface area (Å²) >= 11 is 0. The zero-order valence-corrected chi connectivity index (χ0v) is 13.3. The van der Waals surface area contributed by atoms with E-state index in [9.17, 15) is 9.59 Å². The lowest BCUT2D eigenvalue weighted by Gasteiger charge is -2.20. The van der Waals surface area contributed by atoms with Gasteiger partial charge in [0.25, 0.3) is 0 Å². The summed E-state index contributed by atoms with van der Waals surface area (Å²) in [5.74, 6) is -0.637. The Balaban J connectivity index is 1.95.